The molecule has 4 rings (SSSR count). The maximum Gasteiger partial charge on any atom is 0.280 e. The highest BCUT2D eigenvalue weighted by atomic mass is 16.5. The average molecular weight is 353 g/mol. The Morgan fingerprint density at radius 2 is 2.00 bits per heavy atom. The predicted octanol–water partition coefficient (Wildman–Crippen LogP) is 3.51. The van der Waals surface area contributed by atoms with Gasteiger partial charge >= 0.3 is 0 Å². The van der Waals surface area contributed by atoms with Gasteiger partial charge in [0.2, 0.25) is 0 Å². The van der Waals surface area contributed by atoms with Crippen LogP contribution in [-0.2, 0) is 23.3 Å². The molecule has 7 heteroatoms. The van der Waals surface area contributed by atoms with Crippen LogP contribution in [0.3, 0.4) is 0 Å². The van der Waals surface area contributed by atoms with Crippen LogP contribution in [0.4, 0.5) is 0 Å². The van der Waals surface area contributed by atoms with Crippen LogP contribution in [0, 0.1) is 13.8 Å². The maximum absolute atomic E-state index is 6.12. The van der Waals surface area contributed by atoms with Gasteiger partial charge < -0.3 is 9.26 Å². The molecular formula is C19H23N5O2. The summed E-state index contributed by atoms with van der Waals surface area (Å²) in [6.07, 6.45) is -0.0366. The van der Waals surface area contributed by atoms with Crippen LogP contribution in [0.25, 0.3) is 11.6 Å². The normalized spacial score (nSPS) is 17.3. The van der Waals surface area contributed by atoms with E-state index in [2.05, 4.69) is 52.5 Å². The van der Waals surface area contributed by atoms with Crippen LogP contribution in [0.5, 0.6) is 0 Å². The maximum atomic E-state index is 6.12. The van der Waals surface area contributed by atoms with E-state index in [0.717, 1.165) is 5.69 Å². The summed E-state index contributed by atoms with van der Waals surface area (Å²) in [6, 6.07) is 6.42. The monoisotopic (exact) mass is 353 g/mol. The standard InChI is InChI=1S/C19H23N5O2/c1-11-6-7-13(12(2)8-11)15-9-24-14(10-25-15)16(21-23-24)17-20-18(22-26-17)19(3,4)5/h6-8,15H,9-10H2,1-5H3. The molecule has 1 unspecified atom stereocenters. The van der Waals surface area contributed by atoms with Crippen molar-refractivity contribution >= 4 is 0 Å². The summed E-state index contributed by atoms with van der Waals surface area (Å²) in [4.78, 5) is 4.48. The van der Waals surface area contributed by atoms with E-state index < -0.39 is 0 Å². The van der Waals surface area contributed by atoms with E-state index >= 15 is 0 Å². The molecule has 1 aliphatic heterocycles. The molecule has 1 aliphatic rings. The van der Waals surface area contributed by atoms with Crippen molar-refractivity contribution in [3.8, 4) is 11.6 Å². The first-order valence-electron chi connectivity index (χ1n) is 8.78. The Labute approximate surface area is 152 Å². The molecule has 136 valence electrons. The molecule has 26 heavy (non-hydrogen) atoms. The topological polar surface area (TPSA) is 78.9 Å². The highest BCUT2D eigenvalue weighted by Gasteiger charge is 2.29. The summed E-state index contributed by atoms with van der Waals surface area (Å²) in [6.45, 7) is 11.4. The number of fused-ring (bicyclic) bond motifs is 1. The van der Waals surface area contributed by atoms with Gasteiger partial charge in [-0.25, -0.2) is 4.68 Å². The second kappa shape index (κ2) is 6.02. The minimum Gasteiger partial charge on any atom is -0.365 e. The molecule has 0 aliphatic carbocycles. The van der Waals surface area contributed by atoms with Gasteiger partial charge in [-0.3, -0.25) is 0 Å². The average Bonchev–Trinajstić information content (AvgIpc) is 3.20. The molecule has 2 aromatic heterocycles. The van der Waals surface area contributed by atoms with Crippen molar-refractivity contribution in [2.24, 2.45) is 0 Å². The quantitative estimate of drug-likeness (QED) is 0.701. The molecule has 7 nitrogen and oxygen atoms in total. The molecule has 0 N–H and O–H groups in total. The molecule has 0 spiro atoms. The van der Waals surface area contributed by atoms with Gasteiger partial charge in [-0.05, 0) is 25.0 Å². The molecule has 0 amide bonds. The second-order valence-electron chi connectivity index (χ2n) is 7.90. The number of rotatable bonds is 2. The van der Waals surface area contributed by atoms with Crippen molar-refractivity contribution in [3.63, 3.8) is 0 Å². The van der Waals surface area contributed by atoms with Crippen molar-refractivity contribution in [2.45, 2.75) is 59.3 Å². The third-order valence-electron chi connectivity index (χ3n) is 4.67. The summed E-state index contributed by atoms with van der Waals surface area (Å²) in [7, 11) is 0. The fraction of sp³-hybridized carbons (Fsp3) is 0.474. The van der Waals surface area contributed by atoms with Crippen LogP contribution in [-0.4, -0.2) is 25.1 Å². The zero-order valence-electron chi connectivity index (χ0n) is 15.8. The highest BCUT2D eigenvalue weighted by molar-refractivity contribution is 5.50. The molecule has 0 fully saturated rings. The SMILES string of the molecule is Cc1ccc(C2Cn3nnc(-c4nc(C(C)(C)C)no4)c3CO2)c(C)c1. The first kappa shape index (κ1) is 16.9. The smallest absolute Gasteiger partial charge is 0.280 e. The van der Waals surface area contributed by atoms with Gasteiger partial charge in [-0.1, -0.05) is 54.9 Å². The number of aryl methyl sites for hydroxylation is 2. The van der Waals surface area contributed by atoms with E-state index in [-0.39, 0.29) is 11.5 Å². The Bertz CT molecular complexity index is 951. The van der Waals surface area contributed by atoms with Crippen molar-refractivity contribution in [2.75, 3.05) is 0 Å². The summed E-state index contributed by atoms with van der Waals surface area (Å²) in [5.74, 6) is 1.05. The van der Waals surface area contributed by atoms with E-state index in [1.165, 1.54) is 16.7 Å². The molecule has 3 heterocycles. The molecule has 0 saturated heterocycles. The number of hydrogen-bond donors (Lipinski definition) is 0. The van der Waals surface area contributed by atoms with Gasteiger partial charge in [-0.2, -0.15) is 4.98 Å². The van der Waals surface area contributed by atoms with Crippen LogP contribution in [0.2, 0.25) is 0 Å². The third kappa shape index (κ3) is 2.92. The number of benzene rings is 1. The van der Waals surface area contributed by atoms with Gasteiger partial charge in [0, 0.05) is 5.41 Å². The minimum absolute atomic E-state index is 0.0366. The van der Waals surface area contributed by atoms with E-state index in [0.29, 0.717) is 30.6 Å². The lowest BCUT2D eigenvalue weighted by molar-refractivity contribution is -0.00153. The van der Waals surface area contributed by atoms with E-state index in [9.17, 15) is 0 Å². The second-order valence-corrected chi connectivity index (χ2v) is 7.90. The van der Waals surface area contributed by atoms with Gasteiger partial charge in [-0.15, -0.1) is 5.10 Å². The lowest BCUT2D eigenvalue weighted by atomic mass is 9.96. The van der Waals surface area contributed by atoms with Crippen LogP contribution in [0.1, 0.15) is 55.1 Å². The number of nitrogens with zero attached hydrogens (tertiary/aromatic N) is 5. The zero-order chi connectivity index (χ0) is 18.5. The highest BCUT2D eigenvalue weighted by Crippen LogP contribution is 2.32. The van der Waals surface area contributed by atoms with Crippen molar-refractivity contribution in [1.29, 1.82) is 0 Å². The van der Waals surface area contributed by atoms with E-state index in [1.807, 2.05) is 25.5 Å². The first-order chi connectivity index (χ1) is 12.3. The predicted molar refractivity (Wildman–Crippen MR) is 95.5 cm³/mol. The number of ether oxygens (including phenoxy) is 1. The molecule has 3 aromatic rings. The molecule has 1 aromatic carbocycles. The van der Waals surface area contributed by atoms with Crippen molar-refractivity contribution in [1.82, 2.24) is 25.1 Å². The lowest BCUT2D eigenvalue weighted by Gasteiger charge is -2.25. The fourth-order valence-corrected chi connectivity index (χ4v) is 3.18. The Hall–Kier alpha value is -2.54. The van der Waals surface area contributed by atoms with E-state index in [4.69, 9.17) is 9.26 Å². The number of aromatic nitrogens is 5. The van der Waals surface area contributed by atoms with E-state index in [1.54, 1.807) is 0 Å². The largest absolute Gasteiger partial charge is 0.365 e. The van der Waals surface area contributed by atoms with Crippen molar-refractivity contribution < 1.29 is 9.26 Å². The molecule has 0 bridgehead atoms. The van der Waals surface area contributed by atoms with Gasteiger partial charge in [0.05, 0.1) is 18.8 Å². The van der Waals surface area contributed by atoms with Crippen LogP contribution < -0.4 is 0 Å². The fourth-order valence-electron chi connectivity index (χ4n) is 3.18. The van der Waals surface area contributed by atoms with Gasteiger partial charge in [0.25, 0.3) is 5.89 Å². The summed E-state index contributed by atoms with van der Waals surface area (Å²) < 4.78 is 13.4. The third-order valence-corrected chi connectivity index (χ3v) is 4.67. The summed E-state index contributed by atoms with van der Waals surface area (Å²) in [5, 5.41) is 12.6. The summed E-state index contributed by atoms with van der Waals surface area (Å²) >= 11 is 0. The Morgan fingerprint density at radius 3 is 2.69 bits per heavy atom. The van der Waals surface area contributed by atoms with Crippen LogP contribution >= 0.6 is 0 Å². The Kier molecular flexibility index (Phi) is 3.91. The van der Waals surface area contributed by atoms with Gasteiger partial charge in [0.15, 0.2) is 11.5 Å². The molecular weight excluding hydrogens is 330 g/mol. The molecule has 1 atom stereocenters. The molecule has 0 saturated carbocycles. The Balaban J connectivity index is 1.62. The van der Waals surface area contributed by atoms with Crippen molar-refractivity contribution in [3.05, 3.63) is 46.4 Å². The minimum atomic E-state index is -0.181. The number of hydrogen-bond acceptors (Lipinski definition) is 6. The van der Waals surface area contributed by atoms with Crippen LogP contribution in [0.15, 0.2) is 22.7 Å². The molecule has 0 radical (unpaired) electrons. The summed E-state index contributed by atoms with van der Waals surface area (Å²) in [5.41, 5.74) is 4.95. The zero-order valence-corrected chi connectivity index (χ0v) is 15.8. The van der Waals surface area contributed by atoms with Gasteiger partial charge in [0.1, 0.15) is 6.10 Å². The first-order valence-corrected chi connectivity index (χ1v) is 8.78. The Morgan fingerprint density at radius 1 is 1.19 bits per heavy atom. The lowest BCUT2D eigenvalue weighted by Crippen LogP contribution is -2.22.